The molecule has 0 spiro atoms. The summed E-state index contributed by atoms with van der Waals surface area (Å²) < 4.78 is 40.2. The van der Waals surface area contributed by atoms with Gasteiger partial charge < -0.3 is 10.6 Å². The molecule has 0 radical (unpaired) electrons. The largest absolute Gasteiger partial charge is 0.348 e. The van der Waals surface area contributed by atoms with E-state index in [2.05, 4.69) is 15.6 Å². The average Bonchev–Trinajstić information content (AvgIpc) is 2.58. The second-order valence-electron chi connectivity index (χ2n) is 6.53. The normalized spacial score (nSPS) is 16.1. The molecule has 28 heavy (non-hydrogen) atoms. The highest BCUT2D eigenvalue weighted by Crippen LogP contribution is 2.32. The van der Waals surface area contributed by atoms with Crippen LogP contribution in [-0.4, -0.2) is 36.2 Å². The maximum absolute atomic E-state index is 14.0. The lowest BCUT2D eigenvalue weighted by Crippen LogP contribution is -2.49. The molecule has 0 unspecified atom stereocenters. The predicted octanol–water partition coefficient (Wildman–Crippen LogP) is 2.25. The Morgan fingerprint density at radius 2 is 2.00 bits per heavy atom. The first-order valence-electron chi connectivity index (χ1n) is 8.45. The van der Waals surface area contributed by atoms with Crippen molar-refractivity contribution in [3.05, 3.63) is 53.1 Å². The third kappa shape index (κ3) is 3.42. The molecule has 0 bridgehead atoms. The van der Waals surface area contributed by atoms with Gasteiger partial charge in [-0.05, 0) is 38.0 Å². The number of hydrogen-bond donors (Lipinski definition) is 2. The Balaban J connectivity index is 1.83. The first kappa shape index (κ1) is 19.7. The number of amides is 3. The molecule has 8 nitrogen and oxygen atoms in total. The Morgan fingerprint density at radius 3 is 2.68 bits per heavy atom. The van der Waals surface area contributed by atoms with Crippen molar-refractivity contribution >= 4 is 27.6 Å². The van der Waals surface area contributed by atoms with Crippen molar-refractivity contribution in [2.45, 2.75) is 31.7 Å². The van der Waals surface area contributed by atoms with Crippen LogP contribution >= 0.6 is 0 Å². The number of fused-ring (bicyclic) bond motifs is 1. The zero-order chi connectivity index (χ0) is 20.6. The van der Waals surface area contributed by atoms with E-state index in [1.807, 2.05) is 0 Å². The number of nitrogens with zero attached hydrogens (tertiary/aromatic N) is 2. The Labute approximate surface area is 161 Å². The van der Waals surface area contributed by atoms with Crippen LogP contribution in [0.25, 0.3) is 0 Å². The highest BCUT2D eigenvalue weighted by atomic mass is 32.2. The minimum atomic E-state index is -4.20. The predicted molar refractivity (Wildman–Crippen MR) is 99.6 cm³/mol. The summed E-state index contributed by atoms with van der Waals surface area (Å²) in [6.07, 6.45) is 2.50. The van der Waals surface area contributed by atoms with E-state index < -0.39 is 40.4 Å². The van der Waals surface area contributed by atoms with Gasteiger partial charge in [-0.2, -0.15) is 0 Å². The fourth-order valence-corrected chi connectivity index (χ4v) is 4.87. The van der Waals surface area contributed by atoms with Crippen molar-refractivity contribution < 1.29 is 22.4 Å². The fraction of sp³-hybridized carbons (Fsp3) is 0.278. The molecule has 0 saturated carbocycles. The number of carbonyl (C=O) groups excluding carboxylic acids is 2. The number of benzene rings is 1. The summed E-state index contributed by atoms with van der Waals surface area (Å²) in [6, 6.07) is 3.04. The minimum absolute atomic E-state index is 0.0496. The van der Waals surface area contributed by atoms with Gasteiger partial charge in [0.05, 0.1) is 17.9 Å². The monoisotopic (exact) mass is 406 g/mol. The first-order valence-corrected chi connectivity index (χ1v) is 9.89. The van der Waals surface area contributed by atoms with Gasteiger partial charge in [0.25, 0.3) is 10.0 Å². The van der Waals surface area contributed by atoms with Crippen molar-refractivity contribution in [1.82, 2.24) is 14.6 Å². The van der Waals surface area contributed by atoms with E-state index in [1.165, 1.54) is 12.3 Å². The molecule has 0 saturated heterocycles. The topological polar surface area (TPSA) is 108 Å². The van der Waals surface area contributed by atoms with Gasteiger partial charge in [-0.3, -0.25) is 9.78 Å². The second kappa shape index (κ2) is 7.19. The number of sulfonamides is 1. The lowest BCUT2D eigenvalue weighted by Gasteiger charge is -2.29. The molecule has 1 aromatic carbocycles. The lowest BCUT2D eigenvalue weighted by molar-refractivity contribution is -0.121. The molecular weight excluding hydrogens is 387 g/mol. The third-order valence-electron chi connectivity index (χ3n) is 4.46. The van der Waals surface area contributed by atoms with E-state index in [1.54, 1.807) is 32.9 Å². The summed E-state index contributed by atoms with van der Waals surface area (Å²) in [4.78, 5) is 28.4. The van der Waals surface area contributed by atoms with Crippen LogP contribution in [0.15, 0.2) is 35.5 Å². The Morgan fingerprint density at radius 1 is 1.29 bits per heavy atom. The standard InChI is InChI=1S/C18H19FN4O4S/c1-10-5-4-6-14-17(10)28(26,27)23(18(25)22-14)9-15(24)21-12(3)16-11(2)7-20-8-13(16)19/h4-8,12H,9H2,1-3H3,(H,21,24)(H,22,25)/t12-/m0/s1. The van der Waals surface area contributed by atoms with E-state index in [0.717, 1.165) is 6.20 Å². The number of aromatic nitrogens is 1. The van der Waals surface area contributed by atoms with Crippen molar-refractivity contribution in [2.75, 3.05) is 11.9 Å². The third-order valence-corrected chi connectivity index (χ3v) is 6.40. The van der Waals surface area contributed by atoms with Crippen LogP contribution in [0.4, 0.5) is 14.9 Å². The van der Waals surface area contributed by atoms with Gasteiger partial charge in [-0.15, -0.1) is 0 Å². The molecular formula is C18H19FN4O4S. The molecule has 3 rings (SSSR count). The average molecular weight is 406 g/mol. The van der Waals surface area contributed by atoms with Crippen LogP contribution < -0.4 is 10.6 Å². The zero-order valence-corrected chi connectivity index (χ0v) is 16.3. The fourth-order valence-electron chi connectivity index (χ4n) is 3.23. The Bertz CT molecular complexity index is 1050. The SMILES string of the molecule is Cc1cncc(F)c1[C@H](C)NC(=O)CN1C(=O)Nc2cccc(C)c2S1(=O)=O. The highest BCUT2D eigenvalue weighted by molar-refractivity contribution is 7.90. The second-order valence-corrected chi connectivity index (χ2v) is 8.33. The Hall–Kier alpha value is -3.01. The lowest BCUT2D eigenvalue weighted by atomic mass is 10.0. The van der Waals surface area contributed by atoms with Gasteiger partial charge in [0, 0.05) is 11.8 Å². The summed E-state index contributed by atoms with van der Waals surface area (Å²) in [5.41, 5.74) is 1.41. The van der Waals surface area contributed by atoms with Gasteiger partial charge in [0.1, 0.15) is 17.3 Å². The molecule has 2 aromatic rings. The molecule has 10 heteroatoms. The van der Waals surface area contributed by atoms with Crippen LogP contribution in [0, 0.1) is 19.7 Å². The van der Waals surface area contributed by atoms with E-state index in [0.29, 0.717) is 15.4 Å². The van der Waals surface area contributed by atoms with Gasteiger partial charge in [-0.1, -0.05) is 12.1 Å². The molecule has 1 aliphatic rings. The van der Waals surface area contributed by atoms with Crippen molar-refractivity contribution in [1.29, 1.82) is 0 Å². The molecule has 1 atom stereocenters. The first-order chi connectivity index (χ1) is 13.1. The minimum Gasteiger partial charge on any atom is -0.348 e. The molecule has 148 valence electrons. The number of aryl methyl sites for hydroxylation is 2. The summed E-state index contributed by atoms with van der Waals surface area (Å²) in [5, 5.41) is 5.00. The van der Waals surface area contributed by atoms with Crippen LogP contribution in [0.2, 0.25) is 0 Å². The van der Waals surface area contributed by atoms with E-state index in [4.69, 9.17) is 0 Å². The molecule has 3 amide bonds. The molecule has 0 aliphatic carbocycles. The van der Waals surface area contributed by atoms with Gasteiger partial charge >= 0.3 is 6.03 Å². The number of nitrogens with one attached hydrogen (secondary N) is 2. The van der Waals surface area contributed by atoms with Gasteiger partial charge in [0.15, 0.2) is 0 Å². The number of carbonyl (C=O) groups is 2. The summed E-state index contributed by atoms with van der Waals surface area (Å²) in [5.74, 6) is -1.32. The maximum atomic E-state index is 14.0. The van der Waals surface area contributed by atoms with Crippen LogP contribution in [0.1, 0.15) is 29.7 Å². The maximum Gasteiger partial charge on any atom is 0.336 e. The highest BCUT2D eigenvalue weighted by Gasteiger charge is 2.39. The summed E-state index contributed by atoms with van der Waals surface area (Å²) in [6.45, 7) is 4.09. The molecule has 0 fully saturated rings. The smallest absolute Gasteiger partial charge is 0.336 e. The van der Waals surface area contributed by atoms with Crippen LogP contribution in [0.3, 0.4) is 0 Å². The zero-order valence-electron chi connectivity index (χ0n) is 15.5. The van der Waals surface area contributed by atoms with Crippen molar-refractivity contribution in [3.8, 4) is 0 Å². The van der Waals surface area contributed by atoms with Crippen molar-refractivity contribution in [2.24, 2.45) is 0 Å². The van der Waals surface area contributed by atoms with Gasteiger partial charge in [0.2, 0.25) is 5.91 Å². The summed E-state index contributed by atoms with van der Waals surface area (Å²) >= 11 is 0. The number of hydrogen-bond acceptors (Lipinski definition) is 5. The number of anilines is 1. The van der Waals surface area contributed by atoms with E-state index >= 15 is 0 Å². The van der Waals surface area contributed by atoms with E-state index in [9.17, 15) is 22.4 Å². The van der Waals surface area contributed by atoms with Crippen molar-refractivity contribution in [3.63, 3.8) is 0 Å². The number of rotatable bonds is 4. The molecule has 2 heterocycles. The molecule has 1 aromatic heterocycles. The quantitative estimate of drug-likeness (QED) is 0.810. The summed E-state index contributed by atoms with van der Waals surface area (Å²) in [7, 11) is -4.20. The van der Waals surface area contributed by atoms with Crippen LogP contribution in [0.5, 0.6) is 0 Å². The molecule has 2 N–H and O–H groups in total. The van der Waals surface area contributed by atoms with Gasteiger partial charge in [-0.25, -0.2) is 21.9 Å². The molecule has 1 aliphatic heterocycles. The number of halogens is 1. The van der Waals surface area contributed by atoms with E-state index in [-0.39, 0.29) is 16.1 Å². The number of urea groups is 1. The number of pyridine rings is 1. The Kier molecular flexibility index (Phi) is 5.07. The van der Waals surface area contributed by atoms with Crippen LogP contribution in [-0.2, 0) is 14.8 Å².